The molecule has 2 N–H and O–H groups in total. The number of nitrogens with one attached hydrogen (secondary N) is 2. The molecule has 0 aliphatic carbocycles. The molecule has 7 nitrogen and oxygen atoms in total. The average Bonchev–Trinajstić information content (AvgIpc) is 3.43. The van der Waals surface area contributed by atoms with E-state index in [9.17, 15) is 13.6 Å². The van der Waals surface area contributed by atoms with E-state index in [-0.39, 0.29) is 11.4 Å². The number of ether oxygens (including phenoxy) is 2. The molecule has 4 heterocycles. The highest BCUT2D eigenvalue weighted by atomic mass is 32.1. The second-order valence-corrected chi connectivity index (χ2v) is 8.80. The molecule has 2 aromatic heterocycles. The van der Waals surface area contributed by atoms with Crippen molar-refractivity contribution in [1.82, 2.24) is 15.3 Å². The first-order valence-electron chi connectivity index (χ1n) is 10.3. The lowest BCUT2D eigenvalue weighted by Gasteiger charge is -2.32. The number of thiazole rings is 1. The van der Waals surface area contributed by atoms with Gasteiger partial charge in [0.1, 0.15) is 17.2 Å². The molecule has 0 atom stereocenters. The summed E-state index contributed by atoms with van der Waals surface area (Å²) >= 11 is 1.12. The largest absolute Gasteiger partial charge is 0.479 e. The van der Waals surface area contributed by atoms with Crippen LogP contribution in [0.5, 0.6) is 5.88 Å². The maximum atomic E-state index is 14.0. The third-order valence-electron chi connectivity index (χ3n) is 5.87. The molecule has 0 bridgehead atoms. The van der Waals surface area contributed by atoms with Gasteiger partial charge in [0.2, 0.25) is 12.3 Å². The summed E-state index contributed by atoms with van der Waals surface area (Å²) in [7, 11) is 1.43. The number of anilines is 1. The number of aromatic nitrogens is 2. The van der Waals surface area contributed by atoms with E-state index in [1.165, 1.54) is 45.7 Å². The van der Waals surface area contributed by atoms with E-state index >= 15 is 0 Å². The van der Waals surface area contributed by atoms with Gasteiger partial charge in [-0.2, -0.15) is 0 Å². The number of amides is 1. The molecule has 10 heteroatoms. The van der Waals surface area contributed by atoms with Gasteiger partial charge in [0.15, 0.2) is 5.13 Å². The fourth-order valence-corrected chi connectivity index (χ4v) is 5.01. The Kier molecular flexibility index (Phi) is 6.92. The van der Waals surface area contributed by atoms with Crippen LogP contribution in [0.25, 0.3) is 21.3 Å². The molecule has 2 saturated heterocycles. The number of fused-ring (bicyclic) bond motifs is 1. The number of benzene rings is 1. The van der Waals surface area contributed by atoms with Gasteiger partial charge in [-0.05, 0) is 49.4 Å². The lowest BCUT2D eigenvalue weighted by molar-refractivity contribution is -0.105. The Hall–Kier alpha value is -2.69. The summed E-state index contributed by atoms with van der Waals surface area (Å²) in [5.74, 6) is -0.894. The first-order chi connectivity index (χ1) is 15.5. The lowest BCUT2D eigenvalue weighted by Crippen LogP contribution is -2.31. The number of pyridine rings is 1. The predicted octanol–water partition coefficient (Wildman–Crippen LogP) is 3.99. The first-order valence-corrected chi connectivity index (χ1v) is 11.1. The minimum atomic E-state index is -0.576. The SMILES string of the molecule is C1CC2(CCOCC2)CN1.COc1ncc(-c2cc(F)ccc2F)c2sc(NC=O)nc12. The molecular weight excluding hydrogens is 438 g/mol. The molecule has 1 amide bonds. The number of hydrogen-bond acceptors (Lipinski definition) is 7. The van der Waals surface area contributed by atoms with Crippen molar-refractivity contribution in [2.45, 2.75) is 19.3 Å². The van der Waals surface area contributed by atoms with Gasteiger partial charge in [-0.1, -0.05) is 11.3 Å². The summed E-state index contributed by atoms with van der Waals surface area (Å²) in [6.45, 7) is 4.43. The van der Waals surface area contributed by atoms with Crippen molar-refractivity contribution in [3.63, 3.8) is 0 Å². The Morgan fingerprint density at radius 1 is 1.25 bits per heavy atom. The van der Waals surface area contributed by atoms with E-state index in [4.69, 9.17) is 9.47 Å². The number of methoxy groups -OCH3 is 1. The van der Waals surface area contributed by atoms with E-state index in [1.807, 2.05) is 0 Å². The van der Waals surface area contributed by atoms with Crippen LogP contribution in [0.2, 0.25) is 0 Å². The monoisotopic (exact) mass is 462 g/mol. The highest BCUT2D eigenvalue weighted by Gasteiger charge is 2.35. The van der Waals surface area contributed by atoms with Crippen molar-refractivity contribution in [3.8, 4) is 17.0 Å². The van der Waals surface area contributed by atoms with Gasteiger partial charge < -0.3 is 20.1 Å². The molecule has 170 valence electrons. The molecule has 1 aromatic carbocycles. The molecule has 5 rings (SSSR count). The van der Waals surface area contributed by atoms with Gasteiger partial charge in [-0.3, -0.25) is 4.79 Å². The number of carbonyl (C=O) groups excluding carboxylic acids is 1. The van der Waals surface area contributed by atoms with Crippen LogP contribution in [-0.2, 0) is 9.53 Å². The number of nitrogens with zero attached hydrogens (tertiary/aromatic N) is 2. The van der Waals surface area contributed by atoms with Crippen molar-refractivity contribution in [2.24, 2.45) is 5.41 Å². The average molecular weight is 463 g/mol. The summed E-state index contributed by atoms with van der Waals surface area (Å²) in [6.07, 6.45) is 5.80. The topological polar surface area (TPSA) is 85.4 Å². The maximum absolute atomic E-state index is 14.0. The summed E-state index contributed by atoms with van der Waals surface area (Å²) in [6, 6.07) is 3.18. The Balaban J connectivity index is 0.000000203. The van der Waals surface area contributed by atoms with E-state index in [0.717, 1.165) is 42.7 Å². The van der Waals surface area contributed by atoms with Crippen LogP contribution in [0.1, 0.15) is 19.3 Å². The van der Waals surface area contributed by atoms with Crippen LogP contribution >= 0.6 is 11.3 Å². The van der Waals surface area contributed by atoms with Crippen LogP contribution in [0.4, 0.5) is 13.9 Å². The van der Waals surface area contributed by atoms with Gasteiger partial charge >= 0.3 is 0 Å². The zero-order valence-corrected chi connectivity index (χ0v) is 18.4. The molecule has 1 spiro atoms. The fraction of sp³-hybridized carbons (Fsp3) is 0.409. The Morgan fingerprint density at radius 3 is 2.75 bits per heavy atom. The third kappa shape index (κ3) is 4.72. The standard InChI is InChI=1S/C14H9F2N3O2S.C8H15NO/c1-21-13-11-12(22-14(19-11)18-6-20)9(5-17-13)8-4-7(15)2-3-10(8)16;1-4-9-7-8(1)2-5-10-6-3-8/h2-6H,1H3,(H,18,19,20);9H,1-7H2. The minimum Gasteiger partial charge on any atom is -0.479 e. The van der Waals surface area contributed by atoms with Gasteiger partial charge in [-0.15, -0.1) is 0 Å². The van der Waals surface area contributed by atoms with Gasteiger partial charge in [-0.25, -0.2) is 18.7 Å². The van der Waals surface area contributed by atoms with Crippen LogP contribution in [0, 0.1) is 17.0 Å². The van der Waals surface area contributed by atoms with Crippen molar-refractivity contribution in [1.29, 1.82) is 0 Å². The highest BCUT2D eigenvalue weighted by molar-refractivity contribution is 7.22. The van der Waals surface area contributed by atoms with Crippen LogP contribution in [-0.4, -0.2) is 49.8 Å². The molecular formula is C22H24F2N4O3S. The van der Waals surface area contributed by atoms with Crippen molar-refractivity contribution in [2.75, 3.05) is 38.7 Å². The zero-order chi connectivity index (χ0) is 22.6. The van der Waals surface area contributed by atoms with Crippen LogP contribution in [0.15, 0.2) is 24.4 Å². The van der Waals surface area contributed by atoms with Crippen molar-refractivity contribution < 1.29 is 23.0 Å². The molecule has 0 unspecified atom stereocenters. The van der Waals surface area contributed by atoms with Crippen LogP contribution < -0.4 is 15.4 Å². The van der Waals surface area contributed by atoms with Gasteiger partial charge in [0.25, 0.3) is 0 Å². The van der Waals surface area contributed by atoms with Gasteiger partial charge in [0.05, 0.1) is 11.8 Å². The number of hydrogen-bond donors (Lipinski definition) is 2. The summed E-state index contributed by atoms with van der Waals surface area (Å²) in [4.78, 5) is 18.8. The highest BCUT2D eigenvalue weighted by Crippen LogP contribution is 2.39. The third-order valence-corrected chi connectivity index (χ3v) is 6.89. The first kappa shape index (κ1) is 22.5. The maximum Gasteiger partial charge on any atom is 0.241 e. The molecule has 0 saturated carbocycles. The minimum absolute atomic E-state index is 0.0708. The van der Waals surface area contributed by atoms with Crippen LogP contribution in [0.3, 0.4) is 0 Å². The van der Waals surface area contributed by atoms with E-state index in [2.05, 4.69) is 20.6 Å². The fourth-order valence-electron chi connectivity index (χ4n) is 4.07. The summed E-state index contributed by atoms with van der Waals surface area (Å²) < 4.78 is 38.4. The molecule has 2 aliphatic heterocycles. The summed E-state index contributed by atoms with van der Waals surface area (Å²) in [5.41, 5.74) is 1.46. The summed E-state index contributed by atoms with van der Waals surface area (Å²) in [5, 5.41) is 6.17. The van der Waals surface area contributed by atoms with E-state index < -0.39 is 11.6 Å². The van der Waals surface area contributed by atoms with Gasteiger partial charge in [0, 0.05) is 37.1 Å². The number of rotatable bonds is 4. The van der Waals surface area contributed by atoms with E-state index in [1.54, 1.807) is 0 Å². The normalized spacial score (nSPS) is 17.1. The molecule has 0 radical (unpaired) electrons. The van der Waals surface area contributed by atoms with E-state index in [0.29, 0.717) is 32.7 Å². The van der Waals surface area contributed by atoms with Crippen molar-refractivity contribution in [3.05, 3.63) is 36.0 Å². The molecule has 3 aromatic rings. The Labute approximate surface area is 188 Å². The second kappa shape index (κ2) is 9.85. The van der Waals surface area contributed by atoms with Crippen molar-refractivity contribution >= 4 is 33.1 Å². The predicted molar refractivity (Wildman–Crippen MR) is 119 cm³/mol. The molecule has 32 heavy (non-hydrogen) atoms. The quantitative estimate of drug-likeness (QED) is 0.571. The lowest BCUT2D eigenvalue weighted by atomic mass is 9.80. The number of carbonyl (C=O) groups is 1. The second-order valence-electron chi connectivity index (χ2n) is 7.80. The molecule has 2 fully saturated rings. The smallest absolute Gasteiger partial charge is 0.241 e. The Bertz CT molecular complexity index is 1090. The number of halogens is 2. The zero-order valence-electron chi connectivity index (χ0n) is 17.6. The molecule has 2 aliphatic rings. The Morgan fingerprint density at radius 2 is 2.06 bits per heavy atom.